The number of hydrogen-bond acceptors (Lipinski definition) is 4. The summed E-state index contributed by atoms with van der Waals surface area (Å²) in [6.07, 6.45) is 5.35. The first-order valence-corrected chi connectivity index (χ1v) is 8.51. The maximum atomic E-state index is 12.6. The quantitative estimate of drug-likeness (QED) is 0.825. The molecule has 2 N–H and O–H groups in total. The molecule has 1 aromatic rings. The van der Waals surface area contributed by atoms with Crippen molar-refractivity contribution in [2.45, 2.75) is 31.0 Å². The predicted molar refractivity (Wildman–Crippen MR) is 87.8 cm³/mol. The topological polar surface area (TPSA) is 81.9 Å². The Hall–Kier alpha value is -1.72. The average Bonchev–Trinajstić information content (AvgIpc) is 2.77. The molecule has 1 fully saturated rings. The fraction of sp³-hybridized carbons (Fsp3) is 0.438. The summed E-state index contributed by atoms with van der Waals surface area (Å²) in [6.45, 7) is 4.97. The van der Waals surface area contributed by atoms with Crippen molar-refractivity contribution >= 4 is 22.6 Å². The number of nitrogens with zero attached hydrogens (tertiary/aromatic N) is 1. The number of amides is 1. The van der Waals surface area contributed by atoms with Crippen LogP contribution in [0.1, 0.15) is 25.8 Å². The number of ether oxygens (including phenoxy) is 2. The van der Waals surface area contributed by atoms with Crippen LogP contribution in [0.3, 0.4) is 0 Å². The van der Waals surface area contributed by atoms with Gasteiger partial charge in [-0.3, -0.25) is 4.79 Å². The van der Waals surface area contributed by atoms with Crippen molar-refractivity contribution in [3.8, 4) is 12.3 Å². The number of terminal acetylenes is 1. The second-order valence-corrected chi connectivity index (χ2v) is 6.05. The summed E-state index contributed by atoms with van der Waals surface area (Å²) in [7, 11) is -1.61. The Morgan fingerprint density at radius 2 is 2.04 bits per heavy atom. The summed E-state index contributed by atoms with van der Waals surface area (Å²) >= 11 is 0. The first-order chi connectivity index (χ1) is 11.0. The van der Waals surface area contributed by atoms with E-state index in [1.165, 1.54) is 0 Å². The van der Waals surface area contributed by atoms with Crippen LogP contribution in [-0.2, 0) is 31.0 Å². The monoisotopic (exact) mass is 336 g/mol. The molecule has 1 saturated heterocycles. The summed E-state index contributed by atoms with van der Waals surface area (Å²) < 4.78 is 22.8. The third-order valence-corrected chi connectivity index (χ3v) is 4.31. The Balaban J connectivity index is 0.000000595. The average molecular weight is 336 g/mol. The molecule has 0 bridgehead atoms. The van der Waals surface area contributed by atoms with E-state index in [1.54, 1.807) is 30.0 Å². The van der Waals surface area contributed by atoms with E-state index in [2.05, 4.69) is 12.3 Å². The number of carbonyl (C=O) groups is 1. The first kappa shape index (κ1) is 17.6. The van der Waals surface area contributed by atoms with Crippen molar-refractivity contribution in [2.75, 3.05) is 24.7 Å². The van der Waals surface area contributed by atoms with E-state index in [0.717, 1.165) is 12.1 Å². The molecule has 3 rings (SSSR count). The predicted octanol–water partition coefficient (Wildman–Crippen LogP) is 1.26. The third-order valence-electron chi connectivity index (χ3n) is 3.59. The Labute approximate surface area is 138 Å². The number of carbonyl (C=O) groups excluding carboxylic acids is 1. The van der Waals surface area contributed by atoms with Gasteiger partial charge in [0.15, 0.2) is 0 Å². The zero-order valence-corrected chi connectivity index (χ0v) is 14.0. The second-order valence-electron chi connectivity index (χ2n) is 4.98. The molecule has 7 heteroatoms. The molecule has 0 radical (unpaired) electrons. The van der Waals surface area contributed by atoms with Crippen LogP contribution >= 0.6 is 0 Å². The molecule has 23 heavy (non-hydrogen) atoms. The highest BCUT2D eigenvalue weighted by molar-refractivity contribution is 7.82. The number of nitrogens with two attached hydrogens (primary N) is 1. The number of hydrogen-bond donors (Lipinski definition) is 1. The van der Waals surface area contributed by atoms with Gasteiger partial charge in [-0.1, -0.05) is 0 Å². The Morgan fingerprint density at radius 1 is 1.43 bits per heavy atom. The van der Waals surface area contributed by atoms with Crippen LogP contribution < -0.4 is 10.0 Å². The minimum absolute atomic E-state index is 0.227. The Kier molecular flexibility index (Phi) is 5.55. The van der Waals surface area contributed by atoms with E-state index in [9.17, 15) is 9.00 Å². The van der Waals surface area contributed by atoms with E-state index >= 15 is 0 Å². The van der Waals surface area contributed by atoms with Crippen LogP contribution in [-0.4, -0.2) is 29.9 Å². The van der Waals surface area contributed by atoms with Crippen LogP contribution in [0.5, 0.6) is 0 Å². The van der Waals surface area contributed by atoms with Crippen molar-refractivity contribution in [2.24, 2.45) is 5.14 Å². The van der Waals surface area contributed by atoms with Crippen LogP contribution in [0.4, 0.5) is 5.69 Å². The van der Waals surface area contributed by atoms with Gasteiger partial charge in [-0.15, -0.1) is 12.3 Å². The summed E-state index contributed by atoms with van der Waals surface area (Å²) in [5, 5.41) is 5.42. The summed E-state index contributed by atoms with van der Waals surface area (Å²) in [5.41, 5.74) is 1.33. The zero-order chi connectivity index (χ0) is 17.0. The Bertz CT molecular complexity index is 663. The van der Waals surface area contributed by atoms with Crippen molar-refractivity contribution in [3.63, 3.8) is 0 Å². The standard InChI is InChI=1S/C13H16N2O4S.C3H4/c1-2-15-11-5-4-9(20(14)17)8-10(11)13(12(15)16)18-6-3-7-19-13;1-3-2/h4-5,8H,2-3,6-7,14H2,1H3;1H,2H3. The molecule has 1 atom stereocenters. The number of anilines is 1. The first-order valence-electron chi connectivity index (χ1n) is 7.29. The Morgan fingerprint density at radius 3 is 2.57 bits per heavy atom. The smallest absolute Gasteiger partial charge is 0.292 e. The van der Waals surface area contributed by atoms with E-state index in [0.29, 0.717) is 30.2 Å². The molecule has 1 unspecified atom stereocenters. The highest BCUT2D eigenvalue weighted by Crippen LogP contribution is 2.45. The van der Waals surface area contributed by atoms with E-state index in [1.807, 2.05) is 6.92 Å². The minimum Gasteiger partial charge on any atom is -0.338 e. The molecule has 6 nitrogen and oxygen atoms in total. The van der Waals surface area contributed by atoms with Gasteiger partial charge < -0.3 is 14.4 Å². The van der Waals surface area contributed by atoms with Crippen LogP contribution in [0, 0.1) is 12.3 Å². The third kappa shape index (κ3) is 3.03. The number of benzene rings is 1. The summed E-state index contributed by atoms with van der Waals surface area (Å²) in [5.74, 6) is 0.633. The summed E-state index contributed by atoms with van der Waals surface area (Å²) in [4.78, 5) is 14.7. The van der Waals surface area contributed by atoms with Gasteiger partial charge in [0, 0.05) is 12.1 Å². The maximum Gasteiger partial charge on any atom is 0.292 e. The fourth-order valence-corrected chi connectivity index (χ4v) is 3.10. The van der Waals surface area contributed by atoms with Crippen LogP contribution in [0.25, 0.3) is 0 Å². The van der Waals surface area contributed by atoms with E-state index < -0.39 is 16.8 Å². The lowest BCUT2D eigenvalue weighted by Crippen LogP contribution is -2.47. The van der Waals surface area contributed by atoms with Gasteiger partial charge in [0.1, 0.15) is 11.0 Å². The normalized spacial score (nSPS) is 19.6. The zero-order valence-electron chi connectivity index (χ0n) is 13.2. The van der Waals surface area contributed by atoms with Crippen molar-refractivity contribution in [3.05, 3.63) is 23.8 Å². The molecule has 1 amide bonds. The molecule has 2 aliphatic rings. The molecular weight excluding hydrogens is 316 g/mol. The molecule has 124 valence electrons. The van der Waals surface area contributed by atoms with E-state index in [-0.39, 0.29) is 5.91 Å². The van der Waals surface area contributed by atoms with Crippen molar-refractivity contribution in [1.82, 2.24) is 0 Å². The van der Waals surface area contributed by atoms with Crippen LogP contribution in [0.15, 0.2) is 23.1 Å². The highest BCUT2D eigenvalue weighted by atomic mass is 32.2. The van der Waals surface area contributed by atoms with Crippen molar-refractivity contribution < 1.29 is 18.5 Å². The largest absolute Gasteiger partial charge is 0.338 e. The number of likely N-dealkylation sites (N-methyl/N-ethyl adjacent to an activating group) is 1. The maximum absolute atomic E-state index is 12.6. The lowest BCUT2D eigenvalue weighted by Gasteiger charge is -2.32. The molecule has 1 spiro atoms. The molecule has 1 aromatic carbocycles. The van der Waals surface area contributed by atoms with Gasteiger partial charge in [0.2, 0.25) is 0 Å². The lowest BCUT2D eigenvalue weighted by molar-refractivity contribution is -0.256. The van der Waals surface area contributed by atoms with Crippen LogP contribution in [0.2, 0.25) is 0 Å². The van der Waals surface area contributed by atoms with Gasteiger partial charge in [-0.25, -0.2) is 9.35 Å². The van der Waals surface area contributed by atoms with E-state index in [4.69, 9.17) is 14.6 Å². The van der Waals surface area contributed by atoms with Gasteiger partial charge in [0.25, 0.3) is 11.7 Å². The minimum atomic E-state index is -1.61. The molecule has 0 saturated carbocycles. The highest BCUT2D eigenvalue weighted by Gasteiger charge is 2.54. The molecule has 0 aromatic heterocycles. The molecule has 2 heterocycles. The fourth-order valence-electron chi connectivity index (χ4n) is 2.67. The van der Waals surface area contributed by atoms with Crippen molar-refractivity contribution in [1.29, 1.82) is 0 Å². The summed E-state index contributed by atoms with van der Waals surface area (Å²) in [6, 6.07) is 5.05. The molecule has 2 aliphatic heterocycles. The number of rotatable bonds is 2. The number of fused-ring (bicyclic) bond motifs is 2. The second kappa shape index (κ2) is 7.23. The van der Waals surface area contributed by atoms with Gasteiger partial charge in [0.05, 0.1) is 23.8 Å². The SMILES string of the molecule is C#CC.CCN1C(=O)C2(OCCCO2)c2cc(S(N)=O)ccc21. The van der Waals surface area contributed by atoms with Gasteiger partial charge >= 0.3 is 0 Å². The molecular formula is C16H20N2O4S. The molecule has 0 aliphatic carbocycles. The van der Waals surface area contributed by atoms with Gasteiger partial charge in [-0.2, -0.15) is 0 Å². The van der Waals surface area contributed by atoms with Gasteiger partial charge in [-0.05, 0) is 38.5 Å². The lowest BCUT2D eigenvalue weighted by atomic mass is 10.1.